The molecule has 0 bridgehead atoms. The van der Waals surface area contributed by atoms with Gasteiger partial charge in [-0.25, -0.2) is 4.39 Å². The molecule has 0 amide bonds. The van der Waals surface area contributed by atoms with Crippen molar-refractivity contribution in [1.29, 1.82) is 0 Å². The van der Waals surface area contributed by atoms with Crippen LogP contribution in [0.2, 0.25) is 0 Å². The maximum absolute atomic E-state index is 12.9. The van der Waals surface area contributed by atoms with Crippen LogP contribution in [0.3, 0.4) is 0 Å². The number of nitrogens with one attached hydrogen (secondary N) is 1. The van der Waals surface area contributed by atoms with Crippen LogP contribution < -0.4 is 0 Å². The van der Waals surface area contributed by atoms with E-state index in [1.807, 2.05) is 30.3 Å². The topological polar surface area (TPSA) is 48.9 Å². The summed E-state index contributed by atoms with van der Waals surface area (Å²) in [7, 11) is 0. The van der Waals surface area contributed by atoms with E-state index in [1.165, 1.54) is 12.1 Å². The second-order valence-corrected chi connectivity index (χ2v) is 4.17. The molecular weight excluding hydrogens is 243 g/mol. The lowest BCUT2D eigenvalue weighted by atomic mass is 10.1. The summed E-state index contributed by atoms with van der Waals surface area (Å²) in [6.07, 6.45) is 0. The van der Waals surface area contributed by atoms with E-state index in [2.05, 4.69) is 10.2 Å². The lowest BCUT2D eigenvalue weighted by Gasteiger charge is -2.00. The van der Waals surface area contributed by atoms with Gasteiger partial charge in [0.2, 0.25) is 0 Å². The van der Waals surface area contributed by atoms with E-state index in [9.17, 15) is 9.50 Å². The minimum absolute atomic E-state index is 0.0674. The predicted octanol–water partition coefficient (Wildman–Crippen LogP) is 3.59. The van der Waals surface area contributed by atoms with Crippen molar-refractivity contribution >= 4 is 0 Å². The Morgan fingerprint density at radius 3 is 2.26 bits per heavy atom. The molecule has 2 aromatic carbocycles. The van der Waals surface area contributed by atoms with Crippen molar-refractivity contribution in [3.05, 3.63) is 60.4 Å². The fraction of sp³-hybridized carbons (Fsp3) is 0. The van der Waals surface area contributed by atoms with E-state index in [0.717, 1.165) is 5.56 Å². The summed E-state index contributed by atoms with van der Waals surface area (Å²) < 4.78 is 12.9. The monoisotopic (exact) mass is 254 g/mol. The van der Waals surface area contributed by atoms with Crippen LogP contribution in [0.1, 0.15) is 0 Å². The van der Waals surface area contributed by atoms with Gasteiger partial charge in [0, 0.05) is 11.1 Å². The zero-order valence-electron chi connectivity index (χ0n) is 9.97. The zero-order valence-corrected chi connectivity index (χ0v) is 9.97. The molecule has 4 heteroatoms. The molecule has 3 rings (SSSR count). The Kier molecular flexibility index (Phi) is 2.76. The van der Waals surface area contributed by atoms with Gasteiger partial charge in [0.25, 0.3) is 0 Å². The maximum Gasteiger partial charge on any atom is 0.169 e. The van der Waals surface area contributed by atoms with Crippen LogP contribution in [-0.2, 0) is 0 Å². The number of hydrogen-bond acceptors (Lipinski definition) is 2. The molecule has 0 radical (unpaired) electrons. The Balaban J connectivity index is 2.06. The summed E-state index contributed by atoms with van der Waals surface area (Å²) >= 11 is 0. The average molecular weight is 254 g/mol. The first-order valence-corrected chi connectivity index (χ1v) is 5.84. The number of nitrogens with zero attached hydrogens (tertiary/aromatic N) is 1. The molecule has 0 fully saturated rings. The molecule has 0 aliphatic heterocycles. The van der Waals surface area contributed by atoms with Crippen LogP contribution in [0.15, 0.2) is 54.6 Å². The van der Waals surface area contributed by atoms with Gasteiger partial charge < -0.3 is 5.11 Å². The lowest BCUT2D eigenvalue weighted by Crippen LogP contribution is -1.79. The first kappa shape index (κ1) is 11.5. The highest BCUT2D eigenvalue weighted by molar-refractivity contribution is 5.77. The number of aromatic amines is 1. The number of aromatic hydroxyl groups is 1. The van der Waals surface area contributed by atoms with Crippen LogP contribution in [0.5, 0.6) is 5.75 Å². The molecular formula is C15H11FN2O. The van der Waals surface area contributed by atoms with E-state index in [0.29, 0.717) is 17.0 Å². The Morgan fingerprint density at radius 1 is 0.895 bits per heavy atom. The van der Waals surface area contributed by atoms with E-state index >= 15 is 0 Å². The molecule has 0 aliphatic rings. The molecule has 19 heavy (non-hydrogen) atoms. The highest BCUT2D eigenvalue weighted by atomic mass is 19.1. The van der Waals surface area contributed by atoms with Gasteiger partial charge >= 0.3 is 0 Å². The largest absolute Gasteiger partial charge is 0.504 e. The Bertz CT molecular complexity index is 690. The minimum Gasteiger partial charge on any atom is -0.504 e. The Hall–Kier alpha value is -2.62. The molecule has 3 aromatic rings. The number of H-pyrrole nitrogens is 1. The van der Waals surface area contributed by atoms with Crippen molar-refractivity contribution in [2.45, 2.75) is 0 Å². The lowest BCUT2D eigenvalue weighted by molar-refractivity contribution is 0.479. The van der Waals surface area contributed by atoms with Crippen molar-refractivity contribution in [3.63, 3.8) is 0 Å². The summed E-state index contributed by atoms with van der Waals surface area (Å²) in [5, 5.41) is 17.1. The minimum atomic E-state index is -0.314. The standard InChI is InChI=1S/C15H11FN2O/c16-12-8-6-11(7-9-12)14-15(19)13(17-18-14)10-4-2-1-3-5-10/h1-9,19H,(H,17,18). The van der Waals surface area contributed by atoms with Crippen molar-refractivity contribution in [2.75, 3.05) is 0 Å². The van der Waals surface area contributed by atoms with Gasteiger partial charge in [-0.2, -0.15) is 5.10 Å². The molecule has 0 saturated carbocycles. The second-order valence-electron chi connectivity index (χ2n) is 4.17. The summed E-state index contributed by atoms with van der Waals surface area (Å²) in [6.45, 7) is 0. The number of aromatic nitrogens is 2. The third kappa shape index (κ3) is 2.08. The van der Waals surface area contributed by atoms with Gasteiger partial charge in [-0.3, -0.25) is 5.10 Å². The van der Waals surface area contributed by atoms with E-state index in [4.69, 9.17) is 0 Å². The zero-order chi connectivity index (χ0) is 13.2. The summed E-state index contributed by atoms with van der Waals surface area (Å²) in [4.78, 5) is 0. The summed E-state index contributed by atoms with van der Waals surface area (Å²) in [6, 6.07) is 15.3. The quantitative estimate of drug-likeness (QED) is 0.734. The van der Waals surface area contributed by atoms with Gasteiger partial charge in [0.1, 0.15) is 17.2 Å². The van der Waals surface area contributed by atoms with Crippen LogP contribution >= 0.6 is 0 Å². The fourth-order valence-corrected chi connectivity index (χ4v) is 1.95. The molecule has 3 nitrogen and oxygen atoms in total. The molecule has 1 aromatic heterocycles. The molecule has 0 spiro atoms. The van der Waals surface area contributed by atoms with Gasteiger partial charge in [0.05, 0.1) is 0 Å². The third-order valence-corrected chi connectivity index (χ3v) is 2.92. The molecule has 1 heterocycles. The molecule has 0 atom stereocenters. The van der Waals surface area contributed by atoms with E-state index in [1.54, 1.807) is 12.1 Å². The normalized spacial score (nSPS) is 10.6. The Labute approximate surface area is 109 Å². The molecule has 2 N–H and O–H groups in total. The fourth-order valence-electron chi connectivity index (χ4n) is 1.95. The van der Waals surface area contributed by atoms with E-state index < -0.39 is 0 Å². The van der Waals surface area contributed by atoms with E-state index in [-0.39, 0.29) is 11.6 Å². The number of halogens is 1. The van der Waals surface area contributed by atoms with Gasteiger partial charge in [-0.1, -0.05) is 30.3 Å². The first-order valence-electron chi connectivity index (χ1n) is 5.84. The van der Waals surface area contributed by atoms with Gasteiger partial charge in [-0.05, 0) is 24.3 Å². The number of benzene rings is 2. The summed E-state index contributed by atoms with van der Waals surface area (Å²) in [5.74, 6) is -0.246. The van der Waals surface area contributed by atoms with Gasteiger partial charge in [-0.15, -0.1) is 0 Å². The molecule has 0 unspecified atom stereocenters. The third-order valence-electron chi connectivity index (χ3n) is 2.92. The summed E-state index contributed by atoms with van der Waals surface area (Å²) in [5.41, 5.74) is 2.48. The number of hydrogen-bond donors (Lipinski definition) is 2. The maximum atomic E-state index is 12.9. The molecule has 94 valence electrons. The SMILES string of the molecule is Oc1c(-c2ccccc2)n[nH]c1-c1ccc(F)cc1. The van der Waals surface area contributed by atoms with Crippen molar-refractivity contribution in [2.24, 2.45) is 0 Å². The Morgan fingerprint density at radius 2 is 1.58 bits per heavy atom. The van der Waals surface area contributed by atoms with Crippen LogP contribution in [0, 0.1) is 5.82 Å². The van der Waals surface area contributed by atoms with Crippen molar-refractivity contribution < 1.29 is 9.50 Å². The smallest absolute Gasteiger partial charge is 0.169 e. The number of rotatable bonds is 2. The first-order chi connectivity index (χ1) is 9.25. The van der Waals surface area contributed by atoms with Crippen LogP contribution in [0.4, 0.5) is 4.39 Å². The molecule has 0 saturated heterocycles. The average Bonchev–Trinajstić information content (AvgIpc) is 2.83. The highest BCUT2D eigenvalue weighted by Crippen LogP contribution is 2.35. The second kappa shape index (κ2) is 4.57. The van der Waals surface area contributed by atoms with Crippen molar-refractivity contribution in [1.82, 2.24) is 10.2 Å². The predicted molar refractivity (Wildman–Crippen MR) is 71.1 cm³/mol. The van der Waals surface area contributed by atoms with Crippen LogP contribution in [-0.4, -0.2) is 15.3 Å². The van der Waals surface area contributed by atoms with Crippen LogP contribution in [0.25, 0.3) is 22.5 Å². The van der Waals surface area contributed by atoms with Crippen molar-refractivity contribution in [3.8, 4) is 28.3 Å². The molecule has 0 aliphatic carbocycles. The van der Waals surface area contributed by atoms with Gasteiger partial charge in [0.15, 0.2) is 5.75 Å². The highest BCUT2D eigenvalue weighted by Gasteiger charge is 2.14.